The fourth-order valence-electron chi connectivity index (χ4n) is 6.54. The predicted octanol–water partition coefficient (Wildman–Crippen LogP) is -2.51. The number of carbonyl (C=O) groups excluding carboxylic acids is 2. The summed E-state index contributed by atoms with van der Waals surface area (Å²) in [5.74, 6) is -0.147. The minimum absolute atomic E-state index is 0.224. The van der Waals surface area contributed by atoms with Gasteiger partial charge in [-0.3, -0.25) is 9.59 Å². The number of rotatable bonds is 15. The topological polar surface area (TPSA) is 282 Å². The van der Waals surface area contributed by atoms with Gasteiger partial charge in [-0.25, -0.2) is 0 Å². The van der Waals surface area contributed by atoms with Crippen molar-refractivity contribution in [2.45, 2.75) is 112 Å². The van der Waals surface area contributed by atoms with Gasteiger partial charge in [-0.05, 0) is 54.8 Å². The lowest BCUT2D eigenvalue weighted by atomic mass is 9.96. The van der Waals surface area contributed by atoms with Crippen LogP contribution in [0.1, 0.15) is 25.0 Å². The molecule has 15 atom stereocenters. The van der Waals surface area contributed by atoms with E-state index in [1.807, 2.05) is 12.1 Å². The van der Waals surface area contributed by atoms with Crippen molar-refractivity contribution in [3.63, 3.8) is 0 Å². The Labute approximate surface area is 327 Å². The van der Waals surface area contributed by atoms with Gasteiger partial charge in [-0.2, -0.15) is 0 Å². The average molecular weight is 810 g/mol. The SMILES string of the molecule is COc1ccc(/C=C\C(=O)NCCc2ccc(O[C@@H]3O[C@@H](C)[C@H](OC(C)=O)[C@@H](O[C@@H]4O[C@H](CO)[C@@H](O)[C@H](O)[C@H]4O)[C@H]3O[C@H]3O[C@@H](CO)[C@H](O)[C@@H](O)[C@@H]3O)cc2)cc1. The first-order chi connectivity index (χ1) is 27.2. The molecule has 0 bridgehead atoms. The quantitative estimate of drug-likeness (QED) is 0.0664. The van der Waals surface area contributed by atoms with Crippen LogP contribution in [0.4, 0.5) is 0 Å². The molecule has 1 amide bonds. The van der Waals surface area contributed by atoms with Gasteiger partial charge in [0.05, 0.1) is 26.4 Å². The number of ether oxygens (including phenoxy) is 8. The third-order valence-corrected chi connectivity index (χ3v) is 9.74. The van der Waals surface area contributed by atoms with E-state index in [4.69, 9.17) is 37.9 Å². The number of benzene rings is 2. The number of hydrogen-bond donors (Lipinski definition) is 9. The Hall–Kier alpha value is -3.80. The molecule has 57 heavy (non-hydrogen) atoms. The van der Waals surface area contributed by atoms with Crippen molar-refractivity contribution < 1.29 is 88.3 Å². The van der Waals surface area contributed by atoms with E-state index >= 15 is 0 Å². The molecule has 3 heterocycles. The lowest BCUT2D eigenvalue weighted by Crippen LogP contribution is -2.67. The summed E-state index contributed by atoms with van der Waals surface area (Å²) in [5.41, 5.74) is 1.65. The van der Waals surface area contributed by atoms with Crippen LogP contribution in [0.3, 0.4) is 0 Å². The molecule has 9 N–H and O–H groups in total. The summed E-state index contributed by atoms with van der Waals surface area (Å²) < 4.78 is 46.4. The van der Waals surface area contributed by atoms with Gasteiger partial charge < -0.3 is 84.1 Å². The van der Waals surface area contributed by atoms with Crippen molar-refractivity contribution in [2.75, 3.05) is 26.9 Å². The van der Waals surface area contributed by atoms with E-state index in [2.05, 4.69) is 5.32 Å². The third-order valence-electron chi connectivity index (χ3n) is 9.74. The summed E-state index contributed by atoms with van der Waals surface area (Å²) in [6.45, 7) is 1.39. The van der Waals surface area contributed by atoms with Gasteiger partial charge >= 0.3 is 5.97 Å². The van der Waals surface area contributed by atoms with Crippen LogP contribution < -0.4 is 14.8 Å². The zero-order chi connectivity index (χ0) is 41.4. The molecule has 2 aromatic carbocycles. The number of esters is 1. The Morgan fingerprint density at radius 1 is 0.702 bits per heavy atom. The minimum Gasteiger partial charge on any atom is -0.497 e. The Balaban J connectivity index is 1.34. The number of amides is 1. The fraction of sp³-hybridized carbons (Fsp3) is 0.579. The first-order valence-electron chi connectivity index (χ1n) is 18.3. The number of aliphatic hydroxyl groups is 8. The number of methoxy groups -OCH3 is 1. The van der Waals surface area contributed by atoms with Crippen LogP contribution in [0, 0.1) is 0 Å². The van der Waals surface area contributed by atoms with Gasteiger partial charge in [-0.15, -0.1) is 0 Å². The van der Waals surface area contributed by atoms with Gasteiger partial charge in [0.1, 0.15) is 66.4 Å². The molecule has 5 rings (SSSR count). The highest BCUT2D eigenvalue weighted by Gasteiger charge is 2.55. The van der Waals surface area contributed by atoms with Crippen molar-refractivity contribution in [3.8, 4) is 11.5 Å². The van der Waals surface area contributed by atoms with E-state index in [0.29, 0.717) is 18.7 Å². The Morgan fingerprint density at radius 3 is 1.77 bits per heavy atom. The second kappa shape index (κ2) is 20.3. The van der Waals surface area contributed by atoms with Crippen LogP contribution in [0.25, 0.3) is 6.08 Å². The molecule has 0 saturated carbocycles. The highest BCUT2D eigenvalue weighted by atomic mass is 16.8. The van der Waals surface area contributed by atoms with Crippen molar-refractivity contribution >= 4 is 18.0 Å². The Bertz CT molecular complexity index is 1610. The summed E-state index contributed by atoms with van der Waals surface area (Å²) >= 11 is 0. The molecule has 19 heteroatoms. The second-order valence-electron chi connectivity index (χ2n) is 13.8. The fourth-order valence-corrected chi connectivity index (χ4v) is 6.54. The van der Waals surface area contributed by atoms with E-state index in [1.165, 1.54) is 13.0 Å². The maximum absolute atomic E-state index is 12.4. The molecule has 3 saturated heterocycles. The zero-order valence-corrected chi connectivity index (χ0v) is 31.4. The largest absolute Gasteiger partial charge is 0.497 e. The summed E-state index contributed by atoms with van der Waals surface area (Å²) in [6, 6.07) is 13.9. The van der Waals surface area contributed by atoms with Crippen molar-refractivity contribution in [1.82, 2.24) is 5.32 Å². The number of aliphatic hydroxyl groups excluding tert-OH is 8. The third kappa shape index (κ3) is 11.0. The highest BCUT2D eigenvalue weighted by molar-refractivity contribution is 5.91. The standard InChI is InChI=1S/C38H51NO18/c1-18-33(52-19(2)42)34(56-36-31(48)29(46)27(44)24(16-40)54-36)35(57-37-32(49)30(47)28(45)25(17-41)55-37)38(51-18)53-23-11-6-21(7-12-23)14-15-39-26(43)13-8-20-4-9-22(50-3)10-5-20/h4-13,18,24-25,27-38,40-41,44-49H,14-17H2,1-3H3,(H,39,43)/b13-8-/t18-,24+,25-,27+,28-,29-,30+,31+,32-,33-,34+,35+,36-,37+,38-/m0/s1. The molecular weight excluding hydrogens is 758 g/mol. The lowest BCUT2D eigenvalue weighted by molar-refractivity contribution is -0.382. The summed E-state index contributed by atoms with van der Waals surface area (Å²) in [4.78, 5) is 24.7. The van der Waals surface area contributed by atoms with E-state index in [9.17, 15) is 50.4 Å². The highest BCUT2D eigenvalue weighted by Crippen LogP contribution is 2.35. The van der Waals surface area contributed by atoms with Crippen LogP contribution in [0.2, 0.25) is 0 Å². The van der Waals surface area contributed by atoms with E-state index in [-0.39, 0.29) is 11.7 Å². The number of carbonyl (C=O) groups is 2. The molecule has 3 aliphatic heterocycles. The van der Waals surface area contributed by atoms with Gasteiger partial charge in [0.15, 0.2) is 24.8 Å². The van der Waals surface area contributed by atoms with E-state index in [1.54, 1.807) is 49.6 Å². The van der Waals surface area contributed by atoms with Crippen LogP contribution in [-0.4, -0.2) is 172 Å². The van der Waals surface area contributed by atoms with E-state index < -0.39 is 111 Å². The first kappa shape index (κ1) is 44.3. The summed E-state index contributed by atoms with van der Waals surface area (Å²) in [7, 11) is 1.57. The molecule has 0 radical (unpaired) electrons. The Kier molecular flexibility index (Phi) is 15.7. The van der Waals surface area contributed by atoms with Gasteiger partial charge in [0, 0.05) is 19.5 Å². The molecule has 0 spiro atoms. The molecule has 0 aliphatic carbocycles. The first-order valence-corrected chi connectivity index (χ1v) is 18.3. The van der Waals surface area contributed by atoms with Gasteiger partial charge in [0.25, 0.3) is 0 Å². The average Bonchev–Trinajstić information content (AvgIpc) is 3.20. The molecule has 0 unspecified atom stereocenters. The molecule has 2 aromatic rings. The summed E-state index contributed by atoms with van der Waals surface area (Å²) in [5, 5.41) is 85.8. The van der Waals surface area contributed by atoms with Crippen molar-refractivity contribution in [3.05, 3.63) is 65.7 Å². The van der Waals surface area contributed by atoms with Crippen LogP contribution in [-0.2, 0) is 44.4 Å². The predicted molar refractivity (Wildman–Crippen MR) is 193 cm³/mol. The van der Waals surface area contributed by atoms with Gasteiger partial charge in [0.2, 0.25) is 12.2 Å². The second-order valence-corrected chi connectivity index (χ2v) is 13.8. The monoisotopic (exact) mass is 809 g/mol. The summed E-state index contributed by atoms with van der Waals surface area (Å²) in [6.07, 6.45) is -20.7. The maximum Gasteiger partial charge on any atom is 0.303 e. The van der Waals surface area contributed by atoms with Crippen LogP contribution in [0.15, 0.2) is 54.6 Å². The molecular formula is C38H51NO18. The number of nitrogens with one attached hydrogen (secondary N) is 1. The number of hydrogen-bond acceptors (Lipinski definition) is 18. The van der Waals surface area contributed by atoms with E-state index in [0.717, 1.165) is 18.1 Å². The maximum atomic E-state index is 12.4. The zero-order valence-electron chi connectivity index (χ0n) is 31.4. The van der Waals surface area contributed by atoms with Crippen LogP contribution >= 0.6 is 0 Å². The molecule has 316 valence electrons. The Morgan fingerprint density at radius 2 is 1.25 bits per heavy atom. The van der Waals surface area contributed by atoms with Gasteiger partial charge in [-0.1, -0.05) is 24.3 Å². The minimum atomic E-state index is -1.90. The molecule has 19 nitrogen and oxygen atoms in total. The molecule has 3 aliphatic rings. The lowest BCUT2D eigenvalue weighted by Gasteiger charge is -2.49. The van der Waals surface area contributed by atoms with Crippen LogP contribution in [0.5, 0.6) is 11.5 Å². The van der Waals surface area contributed by atoms with Crippen molar-refractivity contribution in [2.24, 2.45) is 0 Å². The molecule has 0 aromatic heterocycles. The smallest absolute Gasteiger partial charge is 0.303 e. The normalized spacial score (nSPS) is 35.7. The molecule has 3 fully saturated rings. The van der Waals surface area contributed by atoms with Crippen molar-refractivity contribution in [1.29, 1.82) is 0 Å².